The van der Waals surface area contributed by atoms with E-state index in [0.29, 0.717) is 103 Å². The molecule has 2 aliphatic carbocycles. The van der Waals surface area contributed by atoms with Gasteiger partial charge in [0.25, 0.3) is 0 Å². The van der Waals surface area contributed by atoms with Crippen LogP contribution in [0.4, 0.5) is 47.6 Å². The minimum atomic E-state index is -4.25. The van der Waals surface area contributed by atoms with Crippen LogP contribution in [0.1, 0.15) is 165 Å². The normalized spacial score (nSPS) is 16.8. The topological polar surface area (TPSA) is 224 Å². The highest BCUT2D eigenvalue weighted by molar-refractivity contribution is 7.19. The molecule has 2 aliphatic rings. The number of hydrogen-bond acceptors (Lipinski definition) is 17. The number of nitrogens with one attached hydrogen (secondary N) is 3. The van der Waals surface area contributed by atoms with Gasteiger partial charge in [0.15, 0.2) is 23.2 Å². The van der Waals surface area contributed by atoms with Crippen LogP contribution in [0.25, 0.3) is 20.2 Å². The Morgan fingerprint density at radius 2 is 1.07 bits per heavy atom. The lowest BCUT2D eigenvalue weighted by Gasteiger charge is -2.26. The lowest BCUT2D eigenvalue weighted by molar-refractivity contribution is -0.127. The highest BCUT2D eigenvalue weighted by Crippen LogP contribution is 2.38. The van der Waals surface area contributed by atoms with Gasteiger partial charge < -0.3 is 41.0 Å². The second-order valence-corrected chi connectivity index (χ2v) is 26.3. The fourth-order valence-corrected chi connectivity index (χ4v) is 12.2. The van der Waals surface area contributed by atoms with Crippen molar-refractivity contribution in [3.8, 4) is 0 Å². The number of Topliss-reactive ketones (excluding diaryl/α,β-unsaturated/α-hetero) is 2. The number of nitrogens with two attached hydrogens (primary N) is 1. The van der Waals surface area contributed by atoms with Crippen molar-refractivity contribution < 1.29 is 59.8 Å². The van der Waals surface area contributed by atoms with Crippen LogP contribution in [0.15, 0.2) is 73.1 Å². The Labute approximate surface area is 524 Å². The second-order valence-electron chi connectivity index (χ2n) is 23.9. The summed E-state index contributed by atoms with van der Waals surface area (Å²) < 4.78 is 88.2. The molecule has 0 aliphatic heterocycles. The highest BCUT2D eigenvalue weighted by atomic mass is 35.5. The molecule has 0 radical (unpaired) electrons. The SMILES string of the molecule is CC(C)(C)OC(=O)NCCCCC(=O)c1ccc(C=O)cc1.CN(c1nncc2sc(CC(F)(F)F)cc12)[C@@H]1CC[C@H](N)C1.CN(c1nncc2sc(CC(F)(F)F)cc12)[C@@H]1CC[C@H](NCc2ccc(C(=O)CCCCNC(=O)OC(C)(C)C)cc2)C1.Cl. The molecule has 0 spiro atoms. The zero-order valence-corrected chi connectivity index (χ0v) is 53.4. The molecule has 4 aromatic heterocycles. The molecule has 2 aromatic carbocycles. The number of ketones is 2. The quantitative estimate of drug-likeness (QED) is 0.0215. The van der Waals surface area contributed by atoms with E-state index < -0.39 is 48.6 Å². The molecule has 4 atom stereocenters. The van der Waals surface area contributed by atoms with Gasteiger partial charge in [-0.05, 0) is 123 Å². The van der Waals surface area contributed by atoms with Crippen molar-refractivity contribution in [3.63, 3.8) is 0 Å². The predicted octanol–water partition coefficient (Wildman–Crippen LogP) is 13.7. The summed E-state index contributed by atoms with van der Waals surface area (Å²) in [6.45, 7) is 12.5. The fraction of sp³-hybridized carbons (Fsp3) is 0.532. The maximum absolute atomic E-state index is 12.9. The molecular formula is C62H81ClF6N10O7S2. The van der Waals surface area contributed by atoms with Crippen LogP contribution in [-0.4, -0.2) is 125 Å². The van der Waals surface area contributed by atoms with E-state index in [4.69, 9.17) is 15.2 Å². The van der Waals surface area contributed by atoms with Crippen molar-refractivity contribution in [1.82, 2.24) is 36.3 Å². The molecule has 17 nitrogen and oxygen atoms in total. The molecule has 482 valence electrons. The van der Waals surface area contributed by atoms with Gasteiger partial charge in [0.05, 0.1) is 34.6 Å². The van der Waals surface area contributed by atoms with Gasteiger partial charge in [0.2, 0.25) is 0 Å². The van der Waals surface area contributed by atoms with Gasteiger partial charge in [-0.1, -0.05) is 48.5 Å². The number of amides is 2. The maximum atomic E-state index is 12.9. The number of halogens is 7. The monoisotopic (exact) mass is 1290 g/mol. The number of carbonyl (C=O) groups is 5. The van der Waals surface area contributed by atoms with Crippen LogP contribution in [0.2, 0.25) is 0 Å². The Bertz CT molecular complexity index is 3230. The number of benzene rings is 2. The van der Waals surface area contributed by atoms with Crippen molar-refractivity contribution in [3.05, 3.63) is 105 Å². The maximum Gasteiger partial charge on any atom is 0.407 e. The number of aromatic nitrogens is 4. The molecule has 26 heteroatoms. The standard InChI is InChI=1S/C31H40F3N5O3S.C17H23NO4.C14H17F3N4S.ClH/c1-30(2,3)42-29(41)35-14-6-5-7-26(40)21-10-8-20(9-11-21)18-36-22-12-13-23(15-22)39(4)28-25-16-24(17-31(32,33)34)43-27(25)19-37-38-28;1-17(2,3)22-16(21)18-11-5-4-6-15(20)14-9-7-13(12-19)8-10-14;1-21(9-3-2-8(18)4-9)13-11-5-10(6-14(15,16)17)22-12(11)7-19-20-13;/h8-11,16,19,22-23,36H,5-7,12-15,17-18H2,1-4H3,(H,35,41);7-10,12H,4-6,11H2,1-3H3,(H,18,21);5,7-9H,2-4,6,18H2,1H3;1H/t22-,23+;;8-,9+;/m0.0./s1. The Balaban J connectivity index is 0.000000264. The first-order chi connectivity index (χ1) is 40.9. The molecular weight excluding hydrogens is 1210 g/mol. The number of unbranched alkanes of at least 4 members (excludes halogenated alkanes) is 2. The minimum Gasteiger partial charge on any atom is -0.444 e. The van der Waals surface area contributed by atoms with Crippen LogP contribution in [-0.2, 0) is 28.9 Å². The first-order valence-electron chi connectivity index (χ1n) is 29.1. The number of alkyl carbamates (subject to hydrolysis) is 2. The third-order valence-electron chi connectivity index (χ3n) is 14.4. The number of rotatable bonds is 22. The van der Waals surface area contributed by atoms with Crippen LogP contribution < -0.4 is 31.5 Å². The fourth-order valence-electron chi connectivity index (χ4n) is 10.0. The Kier molecular flexibility index (Phi) is 26.9. The van der Waals surface area contributed by atoms with Crippen LogP contribution in [0.3, 0.4) is 0 Å². The molecule has 0 bridgehead atoms. The third kappa shape index (κ3) is 24.1. The van der Waals surface area contributed by atoms with Crippen molar-refractivity contribution in [2.24, 2.45) is 5.73 Å². The summed E-state index contributed by atoms with van der Waals surface area (Å²) in [7, 11) is 3.85. The third-order valence-corrected chi connectivity index (χ3v) is 16.5. The molecule has 4 heterocycles. The zero-order chi connectivity index (χ0) is 63.7. The summed E-state index contributed by atoms with van der Waals surface area (Å²) in [5.74, 6) is 1.37. The Morgan fingerprint density at radius 1 is 0.636 bits per heavy atom. The highest BCUT2D eigenvalue weighted by Gasteiger charge is 2.33. The molecule has 0 unspecified atom stereocenters. The average Bonchev–Trinajstić information content (AvgIpc) is 4.49. The predicted molar refractivity (Wildman–Crippen MR) is 335 cm³/mol. The van der Waals surface area contributed by atoms with E-state index in [1.807, 2.05) is 64.0 Å². The zero-order valence-electron chi connectivity index (χ0n) is 50.9. The molecule has 2 saturated carbocycles. The number of alkyl halides is 6. The summed E-state index contributed by atoms with van der Waals surface area (Å²) in [5.41, 5.74) is 7.81. The molecule has 5 N–H and O–H groups in total. The Morgan fingerprint density at radius 3 is 1.48 bits per heavy atom. The lowest BCUT2D eigenvalue weighted by atomic mass is 10.0. The summed E-state index contributed by atoms with van der Waals surface area (Å²) >= 11 is 2.24. The van der Waals surface area contributed by atoms with Crippen LogP contribution in [0, 0.1) is 0 Å². The molecule has 8 rings (SSSR count). The van der Waals surface area contributed by atoms with Crippen molar-refractivity contribution >= 4 is 96.9 Å². The molecule has 2 amide bonds. The molecule has 0 saturated heterocycles. The van der Waals surface area contributed by atoms with E-state index in [1.165, 1.54) is 12.4 Å². The number of ether oxygens (including phenoxy) is 2. The average molecular weight is 1290 g/mol. The van der Waals surface area contributed by atoms with Gasteiger partial charge in [-0.25, -0.2) is 9.59 Å². The van der Waals surface area contributed by atoms with Gasteiger partial charge in [0, 0.05) is 108 Å². The van der Waals surface area contributed by atoms with E-state index in [9.17, 15) is 50.3 Å². The van der Waals surface area contributed by atoms with Crippen LogP contribution in [0.5, 0.6) is 0 Å². The molecule has 2 fully saturated rings. The molecule has 88 heavy (non-hydrogen) atoms. The first kappa shape index (κ1) is 72.2. The number of carbonyl (C=O) groups excluding carboxylic acids is 5. The lowest BCUT2D eigenvalue weighted by Crippen LogP contribution is -2.33. The van der Waals surface area contributed by atoms with Crippen molar-refractivity contribution in [2.45, 2.75) is 186 Å². The van der Waals surface area contributed by atoms with Gasteiger partial charge >= 0.3 is 24.5 Å². The van der Waals surface area contributed by atoms with E-state index in [1.54, 1.807) is 57.2 Å². The van der Waals surface area contributed by atoms with E-state index in [-0.39, 0.29) is 51.9 Å². The number of nitrogens with zero attached hydrogens (tertiary/aromatic N) is 6. The summed E-state index contributed by atoms with van der Waals surface area (Å²) in [5, 5.41) is 26.8. The van der Waals surface area contributed by atoms with E-state index in [0.717, 1.165) is 83.1 Å². The summed E-state index contributed by atoms with van der Waals surface area (Å²) in [4.78, 5) is 62.8. The van der Waals surface area contributed by atoms with Gasteiger partial charge in [0.1, 0.15) is 17.5 Å². The second kappa shape index (κ2) is 32.8. The smallest absolute Gasteiger partial charge is 0.407 e. The van der Waals surface area contributed by atoms with Gasteiger partial charge in [-0.2, -0.15) is 36.5 Å². The number of fused-ring (bicyclic) bond motifs is 2. The van der Waals surface area contributed by atoms with Gasteiger partial charge in [-0.15, -0.1) is 45.3 Å². The number of anilines is 2. The van der Waals surface area contributed by atoms with Crippen molar-refractivity contribution in [2.75, 3.05) is 37.0 Å². The van der Waals surface area contributed by atoms with E-state index in [2.05, 4.69) is 41.2 Å². The van der Waals surface area contributed by atoms with Crippen molar-refractivity contribution in [1.29, 1.82) is 0 Å². The summed E-state index contributed by atoms with van der Waals surface area (Å²) in [6, 6.07) is 18.3. The number of hydrogen-bond donors (Lipinski definition) is 4. The largest absolute Gasteiger partial charge is 0.444 e. The minimum absolute atomic E-state index is 0. The summed E-state index contributed by atoms with van der Waals surface area (Å²) in [6.07, 6.45) is 1.77. The first-order valence-corrected chi connectivity index (χ1v) is 30.8. The Hall–Kier alpha value is -6.54. The van der Waals surface area contributed by atoms with Crippen LogP contribution >= 0.6 is 35.1 Å². The number of aldehydes is 1. The molecule has 6 aromatic rings. The number of thiophene rings is 2. The van der Waals surface area contributed by atoms with E-state index >= 15 is 0 Å². The van der Waals surface area contributed by atoms with Gasteiger partial charge in [-0.3, -0.25) is 14.4 Å².